The normalized spacial score (nSPS) is 15.9. The molecule has 1 aromatic carbocycles. The number of amides is 2. The number of carboxylic acids is 1. The molecule has 1 atom stereocenters. The molecule has 1 aliphatic rings. The number of carbonyl (C=O) groups excluding carboxylic acids is 2. The van der Waals surface area contributed by atoms with Crippen LogP contribution in [0.5, 0.6) is 0 Å². The van der Waals surface area contributed by atoms with Crippen LogP contribution in [0, 0.1) is 5.92 Å². The lowest BCUT2D eigenvalue weighted by Gasteiger charge is -2.24. The molecule has 0 spiro atoms. The van der Waals surface area contributed by atoms with Crippen molar-refractivity contribution in [3.63, 3.8) is 0 Å². The highest BCUT2D eigenvalue weighted by atomic mass is 19.4. The standard InChI is InChI=1S/C14H12F3NO4/c15-14(16,17)8(5-6-11(19)20)7-18-12(21)9-3-1-2-4-10(9)13(18)22/h1-4,8H,5-7H2,(H,19,20)/t8-/m0/s1. The van der Waals surface area contributed by atoms with Gasteiger partial charge in [0.05, 0.1) is 17.0 Å². The summed E-state index contributed by atoms with van der Waals surface area (Å²) in [5, 5.41) is 8.52. The Morgan fingerprint density at radius 2 is 1.64 bits per heavy atom. The molecule has 1 heterocycles. The topological polar surface area (TPSA) is 74.7 Å². The number of benzene rings is 1. The molecular weight excluding hydrogens is 303 g/mol. The van der Waals surface area contributed by atoms with E-state index in [1.54, 1.807) is 0 Å². The number of imide groups is 1. The van der Waals surface area contributed by atoms with E-state index in [0.29, 0.717) is 4.90 Å². The second kappa shape index (κ2) is 5.78. The minimum absolute atomic E-state index is 0.0617. The number of halogens is 3. The van der Waals surface area contributed by atoms with Crippen molar-refractivity contribution < 1.29 is 32.7 Å². The molecule has 5 nitrogen and oxygen atoms in total. The van der Waals surface area contributed by atoms with Crippen LogP contribution >= 0.6 is 0 Å². The summed E-state index contributed by atoms with van der Waals surface area (Å²) in [5.74, 6) is -5.00. The maximum atomic E-state index is 13.0. The van der Waals surface area contributed by atoms with Crippen molar-refractivity contribution in [1.82, 2.24) is 4.90 Å². The summed E-state index contributed by atoms with van der Waals surface area (Å²) < 4.78 is 38.9. The molecule has 1 aromatic rings. The Hall–Kier alpha value is -2.38. The van der Waals surface area contributed by atoms with Crippen molar-refractivity contribution in [2.45, 2.75) is 19.0 Å². The van der Waals surface area contributed by atoms with Gasteiger partial charge in [-0.1, -0.05) is 12.1 Å². The van der Waals surface area contributed by atoms with Gasteiger partial charge < -0.3 is 5.11 Å². The lowest BCUT2D eigenvalue weighted by atomic mass is 10.0. The van der Waals surface area contributed by atoms with Gasteiger partial charge in [-0.15, -0.1) is 0 Å². The summed E-state index contributed by atoms with van der Waals surface area (Å²) in [7, 11) is 0. The molecule has 118 valence electrons. The summed E-state index contributed by atoms with van der Waals surface area (Å²) in [6.45, 7) is -0.872. The van der Waals surface area contributed by atoms with E-state index in [1.165, 1.54) is 24.3 Å². The van der Waals surface area contributed by atoms with Gasteiger partial charge >= 0.3 is 12.1 Å². The highest BCUT2D eigenvalue weighted by Gasteiger charge is 2.45. The number of rotatable bonds is 5. The number of carbonyl (C=O) groups is 3. The van der Waals surface area contributed by atoms with Gasteiger partial charge in [-0.3, -0.25) is 19.3 Å². The Labute approximate surface area is 123 Å². The van der Waals surface area contributed by atoms with Gasteiger partial charge in [-0.25, -0.2) is 0 Å². The lowest BCUT2D eigenvalue weighted by Crippen LogP contribution is -2.40. The van der Waals surface area contributed by atoms with Crippen LogP contribution in [-0.4, -0.2) is 40.5 Å². The first-order valence-corrected chi connectivity index (χ1v) is 6.45. The quantitative estimate of drug-likeness (QED) is 0.846. The van der Waals surface area contributed by atoms with Crippen LogP contribution in [-0.2, 0) is 4.79 Å². The van der Waals surface area contributed by atoms with E-state index in [2.05, 4.69) is 0 Å². The smallest absolute Gasteiger partial charge is 0.393 e. The fourth-order valence-electron chi connectivity index (χ4n) is 2.28. The third-order valence-corrected chi connectivity index (χ3v) is 3.45. The average Bonchev–Trinajstić information content (AvgIpc) is 2.67. The zero-order valence-corrected chi connectivity index (χ0v) is 11.3. The Balaban J connectivity index is 2.19. The van der Waals surface area contributed by atoms with Crippen molar-refractivity contribution in [2.24, 2.45) is 5.92 Å². The number of carboxylic acid groups (broad SMARTS) is 1. The Morgan fingerprint density at radius 3 is 2.05 bits per heavy atom. The summed E-state index contributed by atoms with van der Waals surface area (Å²) in [6, 6.07) is 5.77. The van der Waals surface area contributed by atoms with E-state index in [1.807, 2.05) is 0 Å². The van der Waals surface area contributed by atoms with E-state index in [-0.39, 0.29) is 11.1 Å². The van der Waals surface area contributed by atoms with Crippen LogP contribution in [0.1, 0.15) is 33.6 Å². The Kier molecular flexibility index (Phi) is 4.20. The van der Waals surface area contributed by atoms with Crippen LogP contribution in [0.15, 0.2) is 24.3 Å². The number of aliphatic carboxylic acids is 1. The first-order valence-electron chi connectivity index (χ1n) is 6.45. The second-order valence-corrected chi connectivity index (χ2v) is 4.94. The molecule has 0 bridgehead atoms. The van der Waals surface area contributed by atoms with E-state index >= 15 is 0 Å². The van der Waals surface area contributed by atoms with Crippen LogP contribution in [0.25, 0.3) is 0 Å². The van der Waals surface area contributed by atoms with Gasteiger partial charge in [-0.05, 0) is 18.6 Å². The zero-order valence-electron chi connectivity index (χ0n) is 11.3. The zero-order chi connectivity index (χ0) is 16.5. The molecule has 1 N–H and O–H groups in total. The van der Waals surface area contributed by atoms with Crippen LogP contribution in [0.4, 0.5) is 13.2 Å². The van der Waals surface area contributed by atoms with E-state index in [9.17, 15) is 27.6 Å². The molecule has 0 saturated heterocycles. The summed E-state index contributed by atoms with van der Waals surface area (Å²) in [6.07, 6.45) is -6.07. The SMILES string of the molecule is O=C(O)CC[C@@H](CN1C(=O)c2ccccc2C1=O)C(F)(F)F. The molecule has 0 radical (unpaired) electrons. The Bertz CT molecular complexity index is 592. The maximum absolute atomic E-state index is 13.0. The van der Waals surface area contributed by atoms with Gasteiger partial charge in [0.25, 0.3) is 11.8 Å². The number of alkyl halides is 3. The van der Waals surface area contributed by atoms with Crippen LogP contribution in [0.3, 0.4) is 0 Å². The second-order valence-electron chi connectivity index (χ2n) is 4.94. The first-order chi connectivity index (χ1) is 10.2. The van der Waals surface area contributed by atoms with Crippen molar-refractivity contribution in [3.05, 3.63) is 35.4 Å². The summed E-state index contributed by atoms with van der Waals surface area (Å²) in [5.41, 5.74) is 0.123. The molecule has 0 unspecified atom stereocenters. The first kappa shape index (κ1) is 16.0. The fourth-order valence-corrected chi connectivity index (χ4v) is 2.28. The molecule has 22 heavy (non-hydrogen) atoms. The van der Waals surface area contributed by atoms with Gasteiger partial charge in [-0.2, -0.15) is 13.2 Å². The summed E-state index contributed by atoms with van der Waals surface area (Å²) in [4.78, 5) is 35.1. The number of hydrogen-bond donors (Lipinski definition) is 1. The third-order valence-electron chi connectivity index (χ3n) is 3.45. The van der Waals surface area contributed by atoms with E-state index in [0.717, 1.165) is 0 Å². The molecule has 2 amide bonds. The van der Waals surface area contributed by atoms with Gasteiger partial charge in [0.2, 0.25) is 0 Å². The summed E-state index contributed by atoms with van der Waals surface area (Å²) >= 11 is 0. The average molecular weight is 315 g/mol. The van der Waals surface area contributed by atoms with Crippen molar-refractivity contribution in [2.75, 3.05) is 6.54 Å². The molecule has 8 heteroatoms. The molecule has 0 saturated carbocycles. The van der Waals surface area contributed by atoms with Crippen LogP contribution in [0.2, 0.25) is 0 Å². The molecule has 2 rings (SSSR count). The highest BCUT2D eigenvalue weighted by Crippen LogP contribution is 2.33. The minimum atomic E-state index is -4.69. The molecule has 0 aliphatic carbocycles. The van der Waals surface area contributed by atoms with Crippen molar-refractivity contribution >= 4 is 17.8 Å². The minimum Gasteiger partial charge on any atom is -0.481 e. The van der Waals surface area contributed by atoms with Crippen LogP contribution < -0.4 is 0 Å². The maximum Gasteiger partial charge on any atom is 0.393 e. The lowest BCUT2D eigenvalue weighted by molar-refractivity contribution is -0.179. The van der Waals surface area contributed by atoms with Gasteiger partial charge in [0.15, 0.2) is 0 Å². The van der Waals surface area contributed by atoms with E-state index in [4.69, 9.17) is 5.11 Å². The Morgan fingerprint density at radius 1 is 1.14 bits per heavy atom. The monoisotopic (exact) mass is 315 g/mol. The van der Waals surface area contributed by atoms with Gasteiger partial charge in [0.1, 0.15) is 0 Å². The highest BCUT2D eigenvalue weighted by molar-refractivity contribution is 6.21. The molecule has 0 aromatic heterocycles. The molecule has 0 fully saturated rings. The fraction of sp³-hybridized carbons (Fsp3) is 0.357. The van der Waals surface area contributed by atoms with E-state index < -0.39 is 49.3 Å². The molecule has 1 aliphatic heterocycles. The van der Waals surface area contributed by atoms with Crippen molar-refractivity contribution in [3.8, 4) is 0 Å². The number of fused-ring (bicyclic) bond motifs is 1. The predicted molar refractivity (Wildman–Crippen MR) is 68.2 cm³/mol. The predicted octanol–water partition coefficient (Wildman–Crippen LogP) is 2.33. The van der Waals surface area contributed by atoms with Crippen molar-refractivity contribution in [1.29, 1.82) is 0 Å². The molecular formula is C14H12F3NO4. The third kappa shape index (κ3) is 3.10. The number of nitrogens with zero attached hydrogens (tertiary/aromatic N) is 1. The van der Waals surface area contributed by atoms with Gasteiger partial charge in [0, 0.05) is 13.0 Å². The number of hydrogen-bond acceptors (Lipinski definition) is 3. The largest absolute Gasteiger partial charge is 0.481 e.